The van der Waals surface area contributed by atoms with Gasteiger partial charge in [-0.25, -0.2) is 10.5 Å². The van der Waals surface area contributed by atoms with Crippen molar-refractivity contribution in [2.24, 2.45) is 5.84 Å². The van der Waals surface area contributed by atoms with Crippen LogP contribution in [0.25, 0.3) is 0 Å². The summed E-state index contributed by atoms with van der Waals surface area (Å²) < 4.78 is 6.91. The normalized spacial score (nSPS) is 10.4. The number of hydrazine groups is 1. The molecule has 0 spiro atoms. The minimum Gasteiger partial charge on any atom is -0.380 e. The monoisotopic (exact) mass is 227 g/mol. The van der Waals surface area contributed by atoms with Gasteiger partial charge in [0, 0.05) is 6.61 Å². The van der Waals surface area contributed by atoms with Crippen molar-refractivity contribution in [3.63, 3.8) is 0 Å². The fourth-order valence-electron chi connectivity index (χ4n) is 1.09. The van der Waals surface area contributed by atoms with Gasteiger partial charge in [0.2, 0.25) is 0 Å². The van der Waals surface area contributed by atoms with Gasteiger partial charge < -0.3 is 4.74 Å². The van der Waals surface area contributed by atoms with Crippen LogP contribution in [0, 0.1) is 0 Å². The Hall–Kier alpha value is -1.47. The maximum atomic E-state index is 11.1. The zero-order valence-corrected chi connectivity index (χ0v) is 9.35. The standard InChI is InChI=1S/C9H17N5O2/c1-2-3-5-16-6-4-14-7-8(12-13-14)9(15)11-10/h7H,2-6,10H2,1H3,(H,11,15). The quantitative estimate of drug-likeness (QED) is 0.288. The SMILES string of the molecule is CCCCOCCn1cc(C(=O)NN)nn1. The Morgan fingerprint density at radius 2 is 2.44 bits per heavy atom. The van der Waals surface area contributed by atoms with Crippen molar-refractivity contribution < 1.29 is 9.53 Å². The molecule has 3 N–H and O–H groups in total. The molecule has 0 aliphatic heterocycles. The number of nitrogens with one attached hydrogen (secondary N) is 1. The van der Waals surface area contributed by atoms with Gasteiger partial charge in [0.1, 0.15) is 0 Å². The topological polar surface area (TPSA) is 95.1 Å². The van der Waals surface area contributed by atoms with E-state index in [1.165, 1.54) is 6.20 Å². The third-order valence-electron chi connectivity index (χ3n) is 2.01. The summed E-state index contributed by atoms with van der Waals surface area (Å²) in [5.74, 6) is 4.52. The first kappa shape index (κ1) is 12.6. The zero-order valence-electron chi connectivity index (χ0n) is 9.35. The molecular weight excluding hydrogens is 210 g/mol. The van der Waals surface area contributed by atoms with E-state index in [0.717, 1.165) is 19.4 Å². The molecule has 0 saturated heterocycles. The summed E-state index contributed by atoms with van der Waals surface area (Å²) in [6, 6.07) is 0. The summed E-state index contributed by atoms with van der Waals surface area (Å²) >= 11 is 0. The minimum atomic E-state index is -0.446. The van der Waals surface area contributed by atoms with Crippen molar-refractivity contribution in [2.75, 3.05) is 13.2 Å². The number of ether oxygens (including phenoxy) is 1. The summed E-state index contributed by atoms with van der Waals surface area (Å²) in [6.45, 7) is 4.00. The number of amides is 1. The molecule has 0 aliphatic carbocycles. The molecule has 90 valence electrons. The highest BCUT2D eigenvalue weighted by atomic mass is 16.5. The van der Waals surface area contributed by atoms with E-state index >= 15 is 0 Å². The number of hydrogen-bond donors (Lipinski definition) is 2. The molecule has 0 aromatic carbocycles. The lowest BCUT2D eigenvalue weighted by Gasteiger charge is -2.02. The van der Waals surface area contributed by atoms with Crippen LogP contribution in [-0.2, 0) is 11.3 Å². The first-order chi connectivity index (χ1) is 7.77. The summed E-state index contributed by atoms with van der Waals surface area (Å²) in [5, 5.41) is 7.44. The fourth-order valence-corrected chi connectivity index (χ4v) is 1.09. The highest BCUT2D eigenvalue weighted by Crippen LogP contribution is 1.93. The molecular formula is C9H17N5O2. The van der Waals surface area contributed by atoms with E-state index in [9.17, 15) is 4.79 Å². The number of unbranched alkanes of at least 4 members (excludes halogenated alkanes) is 1. The Balaban J connectivity index is 2.27. The maximum absolute atomic E-state index is 11.1. The van der Waals surface area contributed by atoms with E-state index in [-0.39, 0.29) is 5.69 Å². The van der Waals surface area contributed by atoms with Gasteiger partial charge in [-0.2, -0.15) is 0 Å². The lowest BCUT2D eigenvalue weighted by Crippen LogP contribution is -2.30. The van der Waals surface area contributed by atoms with Gasteiger partial charge in [0.05, 0.1) is 19.3 Å². The molecule has 1 amide bonds. The Morgan fingerprint density at radius 3 is 3.12 bits per heavy atom. The van der Waals surface area contributed by atoms with Crippen molar-refractivity contribution in [1.82, 2.24) is 20.4 Å². The number of nitrogen functional groups attached to an aromatic ring is 1. The second-order valence-corrected chi connectivity index (χ2v) is 3.31. The summed E-state index contributed by atoms with van der Waals surface area (Å²) in [7, 11) is 0. The summed E-state index contributed by atoms with van der Waals surface area (Å²) in [6.07, 6.45) is 3.70. The summed E-state index contributed by atoms with van der Waals surface area (Å²) in [5.41, 5.74) is 2.20. The smallest absolute Gasteiger partial charge is 0.287 e. The van der Waals surface area contributed by atoms with Crippen molar-refractivity contribution in [3.05, 3.63) is 11.9 Å². The fraction of sp³-hybridized carbons (Fsp3) is 0.667. The Morgan fingerprint density at radius 1 is 1.62 bits per heavy atom. The number of aromatic nitrogens is 3. The van der Waals surface area contributed by atoms with Crippen LogP contribution < -0.4 is 11.3 Å². The minimum absolute atomic E-state index is 0.205. The van der Waals surface area contributed by atoms with Crippen LogP contribution in [0.15, 0.2) is 6.20 Å². The first-order valence-corrected chi connectivity index (χ1v) is 5.26. The van der Waals surface area contributed by atoms with Gasteiger partial charge >= 0.3 is 0 Å². The van der Waals surface area contributed by atoms with E-state index in [1.807, 2.05) is 5.43 Å². The molecule has 0 saturated carbocycles. The molecule has 1 heterocycles. The van der Waals surface area contributed by atoms with Crippen LogP contribution in [-0.4, -0.2) is 34.1 Å². The molecule has 16 heavy (non-hydrogen) atoms. The van der Waals surface area contributed by atoms with Crippen LogP contribution in [0.1, 0.15) is 30.3 Å². The molecule has 0 atom stereocenters. The van der Waals surface area contributed by atoms with E-state index in [2.05, 4.69) is 17.2 Å². The van der Waals surface area contributed by atoms with Crippen molar-refractivity contribution in [2.45, 2.75) is 26.3 Å². The van der Waals surface area contributed by atoms with Gasteiger partial charge in [-0.15, -0.1) is 5.10 Å². The van der Waals surface area contributed by atoms with Crippen LogP contribution in [0.5, 0.6) is 0 Å². The molecule has 0 aliphatic rings. The number of rotatable bonds is 7. The molecule has 7 nitrogen and oxygen atoms in total. The molecule has 1 aromatic rings. The van der Waals surface area contributed by atoms with Gasteiger partial charge in [-0.1, -0.05) is 18.6 Å². The third kappa shape index (κ3) is 3.95. The second-order valence-electron chi connectivity index (χ2n) is 3.31. The Kier molecular flexibility index (Phi) is 5.44. The molecule has 0 fully saturated rings. The average Bonchev–Trinajstić information content (AvgIpc) is 2.76. The highest BCUT2D eigenvalue weighted by Gasteiger charge is 2.08. The number of nitrogens with two attached hydrogens (primary N) is 1. The lowest BCUT2D eigenvalue weighted by atomic mass is 10.4. The number of nitrogens with zero attached hydrogens (tertiary/aromatic N) is 3. The lowest BCUT2D eigenvalue weighted by molar-refractivity contribution is 0.0948. The molecule has 0 bridgehead atoms. The highest BCUT2D eigenvalue weighted by molar-refractivity contribution is 5.91. The van der Waals surface area contributed by atoms with Gasteiger partial charge in [-0.3, -0.25) is 10.2 Å². The van der Waals surface area contributed by atoms with E-state index in [1.54, 1.807) is 4.68 Å². The van der Waals surface area contributed by atoms with Gasteiger partial charge in [-0.05, 0) is 6.42 Å². The van der Waals surface area contributed by atoms with Crippen LogP contribution >= 0.6 is 0 Å². The van der Waals surface area contributed by atoms with Crippen LogP contribution in [0.4, 0.5) is 0 Å². The predicted octanol–water partition coefficient (Wildman–Crippen LogP) is -0.302. The molecule has 0 unspecified atom stereocenters. The van der Waals surface area contributed by atoms with Crippen molar-refractivity contribution in [3.8, 4) is 0 Å². The van der Waals surface area contributed by atoms with E-state index in [0.29, 0.717) is 13.2 Å². The van der Waals surface area contributed by atoms with Crippen LogP contribution in [0.3, 0.4) is 0 Å². The van der Waals surface area contributed by atoms with Crippen molar-refractivity contribution >= 4 is 5.91 Å². The second kappa shape index (κ2) is 6.91. The van der Waals surface area contributed by atoms with Crippen LogP contribution in [0.2, 0.25) is 0 Å². The van der Waals surface area contributed by atoms with Gasteiger partial charge in [0.15, 0.2) is 5.69 Å². The molecule has 1 rings (SSSR count). The number of carbonyl (C=O) groups is 1. The summed E-state index contributed by atoms with van der Waals surface area (Å²) in [4.78, 5) is 11.1. The van der Waals surface area contributed by atoms with Gasteiger partial charge in [0.25, 0.3) is 5.91 Å². The maximum Gasteiger partial charge on any atom is 0.287 e. The first-order valence-electron chi connectivity index (χ1n) is 5.26. The molecule has 0 radical (unpaired) electrons. The Labute approximate surface area is 93.9 Å². The number of carbonyl (C=O) groups excluding carboxylic acids is 1. The average molecular weight is 227 g/mol. The third-order valence-corrected chi connectivity index (χ3v) is 2.01. The largest absolute Gasteiger partial charge is 0.380 e. The van der Waals surface area contributed by atoms with E-state index in [4.69, 9.17) is 10.6 Å². The van der Waals surface area contributed by atoms with E-state index < -0.39 is 5.91 Å². The predicted molar refractivity (Wildman–Crippen MR) is 57.4 cm³/mol. The Bertz CT molecular complexity index is 325. The molecule has 7 heteroatoms. The number of hydrogen-bond acceptors (Lipinski definition) is 5. The zero-order chi connectivity index (χ0) is 11.8. The molecule has 1 aromatic heterocycles. The van der Waals surface area contributed by atoms with Crippen molar-refractivity contribution in [1.29, 1.82) is 0 Å².